The van der Waals surface area contributed by atoms with Crippen LogP contribution < -0.4 is 15.0 Å². The van der Waals surface area contributed by atoms with Gasteiger partial charge < -0.3 is 14.0 Å². The van der Waals surface area contributed by atoms with Crippen molar-refractivity contribution >= 4 is 16.7 Å². The molecule has 4 rings (SSSR count). The summed E-state index contributed by atoms with van der Waals surface area (Å²) in [6.45, 7) is 4.17. The van der Waals surface area contributed by atoms with Gasteiger partial charge in [-0.15, -0.1) is 5.10 Å². The molecule has 0 spiro atoms. The maximum absolute atomic E-state index is 13.1. The lowest BCUT2D eigenvalue weighted by Crippen LogP contribution is -2.22. The van der Waals surface area contributed by atoms with E-state index in [4.69, 9.17) is 9.47 Å². The van der Waals surface area contributed by atoms with Gasteiger partial charge in [-0.05, 0) is 44.0 Å². The third-order valence-electron chi connectivity index (χ3n) is 4.79. The van der Waals surface area contributed by atoms with Gasteiger partial charge in [0.25, 0.3) is 11.3 Å². The second-order valence-electron chi connectivity index (χ2n) is 6.58. The number of pyridine rings is 1. The van der Waals surface area contributed by atoms with E-state index in [-0.39, 0.29) is 5.56 Å². The molecule has 0 radical (unpaired) electrons. The van der Waals surface area contributed by atoms with E-state index in [1.54, 1.807) is 36.4 Å². The molecule has 0 aliphatic carbocycles. The summed E-state index contributed by atoms with van der Waals surface area (Å²) in [5.41, 5.74) is 2.34. The standard InChI is InChI=1S/C20H21N5O3/c1-12-18-15(25-20(21-12)22-13(2)23-25)8-10-24(19(18)26)9-7-14-5-6-16(27-3)17(11-14)28-4/h5-6,8,10-11H,7,9H2,1-4H3. The van der Waals surface area contributed by atoms with Gasteiger partial charge >= 0.3 is 0 Å². The Kier molecular flexibility index (Phi) is 4.46. The van der Waals surface area contributed by atoms with Gasteiger partial charge in [0.15, 0.2) is 11.5 Å². The van der Waals surface area contributed by atoms with Gasteiger partial charge in [-0.3, -0.25) is 4.79 Å². The van der Waals surface area contributed by atoms with E-state index in [9.17, 15) is 4.79 Å². The molecular weight excluding hydrogens is 358 g/mol. The summed E-state index contributed by atoms with van der Waals surface area (Å²) in [7, 11) is 3.22. The maximum atomic E-state index is 13.1. The second-order valence-corrected chi connectivity index (χ2v) is 6.58. The van der Waals surface area contributed by atoms with Gasteiger partial charge in [0.1, 0.15) is 5.82 Å². The molecule has 144 valence electrons. The minimum absolute atomic E-state index is 0.0852. The second kappa shape index (κ2) is 6.95. The molecule has 0 aliphatic heterocycles. The molecule has 0 atom stereocenters. The quantitative estimate of drug-likeness (QED) is 0.529. The minimum atomic E-state index is -0.0852. The van der Waals surface area contributed by atoms with E-state index in [1.807, 2.05) is 31.2 Å². The summed E-state index contributed by atoms with van der Waals surface area (Å²) < 4.78 is 13.9. The van der Waals surface area contributed by atoms with Gasteiger partial charge in [0.05, 0.1) is 30.8 Å². The van der Waals surface area contributed by atoms with Crippen LogP contribution in [0.5, 0.6) is 11.5 Å². The fourth-order valence-corrected chi connectivity index (χ4v) is 3.39. The zero-order chi connectivity index (χ0) is 19.8. The number of rotatable bonds is 5. The zero-order valence-corrected chi connectivity index (χ0v) is 16.3. The molecule has 3 heterocycles. The van der Waals surface area contributed by atoms with Crippen molar-refractivity contribution in [3.8, 4) is 11.5 Å². The van der Waals surface area contributed by atoms with E-state index in [1.165, 1.54) is 0 Å². The summed E-state index contributed by atoms with van der Waals surface area (Å²) in [5.74, 6) is 2.49. The van der Waals surface area contributed by atoms with Gasteiger partial charge in [0.2, 0.25) is 0 Å². The summed E-state index contributed by atoms with van der Waals surface area (Å²) in [6.07, 6.45) is 2.48. The molecule has 28 heavy (non-hydrogen) atoms. The van der Waals surface area contributed by atoms with Crippen LogP contribution in [-0.4, -0.2) is 38.4 Å². The molecule has 0 N–H and O–H groups in total. The number of fused-ring (bicyclic) bond motifs is 3. The van der Waals surface area contributed by atoms with E-state index in [2.05, 4.69) is 15.1 Å². The van der Waals surface area contributed by atoms with Gasteiger partial charge in [-0.25, -0.2) is 4.98 Å². The van der Waals surface area contributed by atoms with Crippen LogP contribution in [-0.2, 0) is 13.0 Å². The molecule has 3 aromatic heterocycles. The topological polar surface area (TPSA) is 83.5 Å². The molecular formula is C20H21N5O3. The van der Waals surface area contributed by atoms with Crippen molar-refractivity contribution < 1.29 is 9.47 Å². The van der Waals surface area contributed by atoms with E-state index < -0.39 is 0 Å². The lowest BCUT2D eigenvalue weighted by Gasteiger charge is -2.11. The molecule has 0 unspecified atom stereocenters. The molecule has 0 fully saturated rings. The number of hydrogen-bond acceptors (Lipinski definition) is 6. The Morgan fingerprint density at radius 3 is 2.57 bits per heavy atom. The van der Waals surface area contributed by atoms with Crippen LogP contribution in [0, 0.1) is 13.8 Å². The summed E-state index contributed by atoms with van der Waals surface area (Å²) in [6, 6.07) is 7.66. The Labute approximate surface area is 161 Å². The lowest BCUT2D eigenvalue weighted by molar-refractivity contribution is 0.354. The van der Waals surface area contributed by atoms with Crippen molar-refractivity contribution in [1.29, 1.82) is 0 Å². The number of nitrogens with zero attached hydrogens (tertiary/aromatic N) is 5. The highest BCUT2D eigenvalue weighted by Gasteiger charge is 2.13. The fraction of sp³-hybridized carbons (Fsp3) is 0.300. The van der Waals surface area contributed by atoms with E-state index in [0.717, 1.165) is 11.1 Å². The number of benzene rings is 1. The number of methoxy groups -OCH3 is 2. The van der Waals surface area contributed by atoms with Crippen LogP contribution in [0.1, 0.15) is 17.1 Å². The number of aryl methyl sites for hydroxylation is 4. The maximum Gasteiger partial charge on any atom is 0.261 e. The molecule has 4 aromatic rings. The van der Waals surface area contributed by atoms with Crippen LogP contribution in [0.2, 0.25) is 0 Å². The van der Waals surface area contributed by atoms with Crippen molar-refractivity contribution in [3.63, 3.8) is 0 Å². The van der Waals surface area contributed by atoms with Crippen molar-refractivity contribution in [2.75, 3.05) is 14.2 Å². The van der Waals surface area contributed by atoms with Crippen LogP contribution in [0.25, 0.3) is 16.7 Å². The lowest BCUT2D eigenvalue weighted by atomic mass is 10.1. The smallest absolute Gasteiger partial charge is 0.261 e. The third-order valence-corrected chi connectivity index (χ3v) is 4.79. The Morgan fingerprint density at radius 1 is 1.04 bits per heavy atom. The zero-order valence-electron chi connectivity index (χ0n) is 16.3. The first kappa shape index (κ1) is 18.0. The van der Waals surface area contributed by atoms with Crippen LogP contribution in [0.15, 0.2) is 35.3 Å². The molecule has 8 nitrogen and oxygen atoms in total. The van der Waals surface area contributed by atoms with E-state index in [0.29, 0.717) is 47.1 Å². The van der Waals surface area contributed by atoms with E-state index >= 15 is 0 Å². The first-order valence-corrected chi connectivity index (χ1v) is 8.96. The molecule has 0 bridgehead atoms. The molecule has 0 saturated carbocycles. The molecule has 0 aliphatic rings. The number of aromatic nitrogens is 5. The summed E-state index contributed by atoms with van der Waals surface area (Å²) in [5, 5.41) is 4.91. The fourth-order valence-electron chi connectivity index (χ4n) is 3.39. The van der Waals surface area contributed by atoms with Crippen LogP contribution in [0.4, 0.5) is 0 Å². The van der Waals surface area contributed by atoms with Crippen LogP contribution >= 0.6 is 0 Å². The molecule has 0 saturated heterocycles. The minimum Gasteiger partial charge on any atom is -0.493 e. The summed E-state index contributed by atoms with van der Waals surface area (Å²) >= 11 is 0. The van der Waals surface area contributed by atoms with Crippen molar-refractivity contribution in [2.45, 2.75) is 26.8 Å². The van der Waals surface area contributed by atoms with Crippen LogP contribution in [0.3, 0.4) is 0 Å². The average Bonchev–Trinajstić information content (AvgIpc) is 3.06. The van der Waals surface area contributed by atoms with Gasteiger partial charge in [0, 0.05) is 12.7 Å². The highest BCUT2D eigenvalue weighted by molar-refractivity contribution is 5.81. The van der Waals surface area contributed by atoms with Crippen molar-refractivity contribution in [2.24, 2.45) is 0 Å². The Bertz CT molecular complexity index is 1240. The average molecular weight is 379 g/mol. The Hall–Kier alpha value is -3.42. The molecule has 0 amide bonds. The van der Waals surface area contributed by atoms with Crippen molar-refractivity contribution in [3.05, 3.63) is 57.9 Å². The number of hydrogen-bond donors (Lipinski definition) is 0. The van der Waals surface area contributed by atoms with Crippen molar-refractivity contribution in [1.82, 2.24) is 24.1 Å². The molecule has 1 aromatic carbocycles. The number of ether oxygens (including phenoxy) is 2. The van der Waals surface area contributed by atoms with Gasteiger partial charge in [-0.2, -0.15) is 9.50 Å². The first-order valence-electron chi connectivity index (χ1n) is 8.96. The Morgan fingerprint density at radius 2 is 1.82 bits per heavy atom. The summed E-state index contributed by atoms with van der Waals surface area (Å²) in [4.78, 5) is 21.8. The predicted molar refractivity (Wildman–Crippen MR) is 105 cm³/mol. The van der Waals surface area contributed by atoms with Gasteiger partial charge in [-0.1, -0.05) is 6.07 Å². The highest BCUT2D eigenvalue weighted by Crippen LogP contribution is 2.27. The Balaban J connectivity index is 1.70. The normalized spacial score (nSPS) is 11.3. The first-order chi connectivity index (χ1) is 13.5. The molecule has 8 heteroatoms. The third kappa shape index (κ3) is 2.96. The monoisotopic (exact) mass is 379 g/mol. The highest BCUT2D eigenvalue weighted by atomic mass is 16.5. The SMILES string of the molecule is COc1ccc(CCn2ccc3c(c(C)nc4nc(C)nn43)c2=O)cc1OC. The predicted octanol–water partition coefficient (Wildman–Crippen LogP) is 2.32. The largest absolute Gasteiger partial charge is 0.493 e.